The van der Waals surface area contributed by atoms with Crippen molar-refractivity contribution in [2.75, 3.05) is 26.2 Å². The number of rotatable bonds is 8. The van der Waals surface area contributed by atoms with Gasteiger partial charge in [0.1, 0.15) is 11.6 Å². The number of aliphatic hydroxyl groups is 1. The number of amides is 3. The molecule has 4 aliphatic rings. The van der Waals surface area contributed by atoms with E-state index >= 15 is 0 Å². The lowest BCUT2D eigenvalue weighted by Gasteiger charge is -2.40. The normalized spacial score (nSPS) is 30.4. The van der Waals surface area contributed by atoms with Gasteiger partial charge < -0.3 is 24.5 Å². The summed E-state index contributed by atoms with van der Waals surface area (Å²) in [7, 11) is 0. The van der Waals surface area contributed by atoms with Gasteiger partial charge >= 0.3 is 0 Å². The summed E-state index contributed by atoms with van der Waals surface area (Å²) in [6, 6.07) is 9.03. The standard InChI is InChI=1S/C31H41N3O5/c1-30(2,3)34-19-12-16-31-25(28(37)33(26(31)29(34)38)18-9-4-5-10-20-35)24-23(39-31)15-11-17-32(27(24)36)21-22-13-7-6-8-14-22/h6-8,11-16,23-26,35H,4-5,9-10,17-21H2,1-3H3/t23-,24+,25+,26?,31+/m1/s1. The average Bonchev–Trinajstić information content (AvgIpc) is 3.20. The van der Waals surface area contributed by atoms with Crippen molar-refractivity contribution in [1.29, 1.82) is 0 Å². The van der Waals surface area contributed by atoms with Crippen LogP contribution in [0.25, 0.3) is 0 Å². The second kappa shape index (κ2) is 10.9. The Labute approximate surface area is 231 Å². The van der Waals surface area contributed by atoms with Crippen molar-refractivity contribution in [2.45, 2.75) is 76.3 Å². The summed E-state index contributed by atoms with van der Waals surface area (Å²) in [6.07, 6.45) is 10.3. The van der Waals surface area contributed by atoms with Crippen LogP contribution in [-0.2, 0) is 25.7 Å². The lowest BCUT2D eigenvalue weighted by molar-refractivity contribution is -0.151. The molecule has 8 heteroatoms. The first kappa shape index (κ1) is 27.6. The minimum Gasteiger partial charge on any atom is -0.396 e. The van der Waals surface area contributed by atoms with E-state index in [1.807, 2.05) is 80.3 Å². The number of likely N-dealkylation sites (tertiary alicyclic amines) is 1. The Morgan fingerprint density at radius 3 is 2.41 bits per heavy atom. The molecule has 39 heavy (non-hydrogen) atoms. The molecule has 4 aliphatic heterocycles. The number of unbranched alkanes of at least 4 members (excludes halogenated alkanes) is 3. The molecule has 0 radical (unpaired) electrons. The van der Waals surface area contributed by atoms with Crippen molar-refractivity contribution >= 4 is 17.7 Å². The maximum atomic E-state index is 14.3. The Morgan fingerprint density at radius 1 is 0.949 bits per heavy atom. The second-order valence-electron chi connectivity index (χ2n) is 12.2. The van der Waals surface area contributed by atoms with E-state index in [1.54, 1.807) is 9.80 Å². The molecule has 1 N–H and O–H groups in total. The molecule has 0 bridgehead atoms. The predicted octanol–water partition coefficient (Wildman–Crippen LogP) is 2.92. The number of hydrogen-bond acceptors (Lipinski definition) is 5. The summed E-state index contributed by atoms with van der Waals surface area (Å²) >= 11 is 0. The van der Waals surface area contributed by atoms with E-state index in [-0.39, 0.29) is 24.3 Å². The van der Waals surface area contributed by atoms with E-state index in [1.165, 1.54) is 0 Å². The van der Waals surface area contributed by atoms with Gasteiger partial charge in [0.05, 0.1) is 17.9 Å². The Hall–Kier alpha value is -2.97. The highest BCUT2D eigenvalue weighted by Crippen LogP contribution is 2.53. The minimum atomic E-state index is -1.19. The van der Waals surface area contributed by atoms with Gasteiger partial charge in [0.25, 0.3) is 0 Å². The smallest absolute Gasteiger partial charge is 0.249 e. The van der Waals surface area contributed by atoms with E-state index in [9.17, 15) is 14.4 Å². The minimum absolute atomic E-state index is 0.106. The van der Waals surface area contributed by atoms with Gasteiger partial charge in [0, 0.05) is 38.3 Å². The van der Waals surface area contributed by atoms with Gasteiger partial charge in [0.2, 0.25) is 17.7 Å². The third kappa shape index (κ3) is 4.93. The fourth-order valence-corrected chi connectivity index (χ4v) is 6.73. The van der Waals surface area contributed by atoms with Crippen LogP contribution in [0, 0.1) is 11.8 Å². The van der Waals surface area contributed by atoms with Crippen molar-refractivity contribution in [1.82, 2.24) is 14.7 Å². The number of fused-ring (bicyclic) bond motifs is 2. The monoisotopic (exact) mass is 535 g/mol. The van der Waals surface area contributed by atoms with Gasteiger partial charge in [-0.25, -0.2) is 0 Å². The van der Waals surface area contributed by atoms with E-state index in [0.29, 0.717) is 32.6 Å². The third-order valence-corrected chi connectivity index (χ3v) is 8.58. The first-order chi connectivity index (χ1) is 18.7. The number of nitrogens with zero attached hydrogens (tertiary/aromatic N) is 3. The second-order valence-corrected chi connectivity index (χ2v) is 12.2. The molecular weight excluding hydrogens is 494 g/mol. The highest BCUT2D eigenvalue weighted by atomic mass is 16.5. The van der Waals surface area contributed by atoms with E-state index in [4.69, 9.17) is 9.84 Å². The molecule has 0 aromatic heterocycles. The number of aliphatic hydroxyl groups excluding tert-OH is 1. The fourth-order valence-electron chi connectivity index (χ4n) is 6.73. The molecule has 4 heterocycles. The predicted molar refractivity (Wildman–Crippen MR) is 147 cm³/mol. The molecule has 0 aliphatic carbocycles. The fraction of sp³-hybridized carbons (Fsp3) is 0.581. The van der Waals surface area contributed by atoms with Gasteiger partial charge in [-0.2, -0.15) is 0 Å². The summed E-state index contributed by atoms with van der Waals surface area (Å²) in [6.45, 7) is 7.88. The summed E-state index contributed by atoms with van der Waals surface area (Å²) in [5.41, 5.74) is -0.604. The zero-order valence-corrected chi connectivity index (χ0v) is 23.3. The molecule has 5 atom stereocenters. The zero-order valence-electron chi connectivity index (χ0n) is 23.3. The van der Waals surface area contributed by atoms with Crippen LogP contribution in [0.4, 0.5) is 0 Å². The molecule has 1 unspecified atom stereocenters. The van der Waals surface area contributed by atoms with Gasteiger partial charge in [0.15, 0.2) is 0 Å². The van der Waals surface area contributed by atoms with Crippen LogP contribution >= 0.6 is 0 Å². The molecule has 2 fully saturated rings. The van der Waals surface area contributed by atoms with Crippen LogP contribution in [0.5, 0.6) is 0 Å². The highest BCUT2D eigenvalue weighted by Gasteiger charge is 2.71. The lowest BCUT2D eigenvalue weighted by atomic mass is 9.77. The molecule has 1 spiro atoms. The number of benzene rings is 1. The van der Waals surface area contributed by atoms with Crippen molar-refractivity contribution in [2.24, 2.45) is 11.8 Å². The number of ether oxygens (including phenoxy) is 1. The Bertz CT molecular complexity index is 1140. The molecule has 8 nitrogen and oxygen atoms in total. The van der Waals surface area contributed by atoms with Gasteiger partial charge in [-0.3, -0.25) is 14.4 Å². The highest BCUT2D eigenvalue weighted by molar-refractivity contribution is 6.00. The quantitative estimate of drug-likeness (QED) is 0.408. The van der Waals surface area contributed by atoms with E-state index in [0.717, 1.165) is 24.8 Å². The first-order valence-corrected chi connectivity index (χ1v) is 14.3. The van der Waals surface area contributed by atoms with Gasteiger partial charge in [-0.1, -0.05) is 67.5 Å². The lowest BCUT2D eigenvalue weighted by Crippen LogP contribution is -2.58. The van der Waals surface area contributed by atoms with Crippen LogP contribution in [0.2, 0.25) is 0 Å². The number of carbonyl (C=O) groups is 3. The average molecular weight is 536 g/mol. The maximum Gasteiger partial charge on any atom is 0.249 e. The van der Waals surface area contributed by atoms with Crippen molar-refractivity contribution in [3.8, 4) is 0 Å². The third-order valence-electron chi connectivity index (χ3n) is 8.58. The molecule has 3 amide bonds. The van der Waals surface area contributed by atoms with Crippen molar-refractivity contribution in [3.05, 3.63) is 60.2 Å². The molecule has 0 saturated carbocycles. The SMILES string of the molecule is CC(C)(C)N1CC=C[C@]23O[C@@H]4C=CCN(Cc5ccccc5)C(=O)[C@@H]4[C@H]2C(=O)N(CCCCCCO)C3C1=O. The molecule has 5 rings (SSSR count). The van der Waals surface area contributed by atoms with Crippen LogP contribution < -0.4 is 0 Å². The summed E-state index contributed by atoms with van der Waals surface area (Å²) < 4.78 is 6.72. The van der Waals surface area contributed by atoms with Crippen molar-refractivity contribution in [3.63, 3.8) is 0 Å². The summed E-state index contributed by atoms with van der Waals surface area (Å²) in [4.78, 5) is 47.9. The number of hydrogen-bond donors (Lipinski definition) is 1. The summed E-state index contributed by atoms with van der Waals surface area (Å²) in [5, 5.41) is 9.15. The molecular formula is C31H41N3O5. The van der Waals surface area contributed by atoms with Gasteiger partial charge in [-0.05, 0) is 39.2 Å². The molecule has 210 valence electrons. The molecule has 1 aromatic carbocycles. The number of carbonyl (C=O) groups excluding carboxylic acids is 3. The Kier molecular flexibility index (Phi) is 7.71. The molecule has 2 saturated heterocycles. The maximum absolute atomic E-state index is 14.3. The van der Waals surface area contributed by atoms with Gasteiger partial charge in [-0.15, -0.1) is 0 Å². The van der Waals surface area contributed by atoms with Crippen LogP contribution in [0.3, 0.4) is 0 Å². The zero-order chi connectivity index (χ0) is 27.8. The Balaban J connectivity index is 1.50. The van der Waals surface area contributed by atoms with Crippen molar-refractivity contribution < 1.29 is 24.2 Å². The van der Waals surface area contributed by atoms with Crippen LogP contribution in [0.15, 0.2) is 54.6 Å². The Morgan fingerprint density at radius 2 is 1.69 bits per heavy atom. The topological polar surface area (TPSA) is 90.4 Å². The van der Waals surface area contributed by atoms with E-state index < -0.39 is 35.1 Å². The largest absolute Gasteiger partial charge is 0.396 e. The summed E-state index contributed by atoms with van der Waals surface area (Å²) in [5.74, 6) is -1.87. The molecule has 1 aromatic rings. The van der Waals surface area contributed by atoms with E-state index in [2.05, 4.69) is 0 Å². The first-order valence-electron chi connectivity index (χ1n) is 14.3. The van der Waals surface area contributed by atoms with Crippen LogP contribution in [0.1, 0.15) is 52.0 Å². The van der Waals surface area contributed by atoms with Crippen LogP contribution in [-0.4, -0.2) is 87.1 Å².